The molecule has 1 amide bonds. The summed E-state index contributed by atoms with van der Waals surface area (Å²) in [7, 11) is 0. The van der Waals surface area contributed by atoms with Gasteiger partial charge in [-0.2, -0.15) is 5.26 Å². The van der Waals surface area contributed by atoms with Crippen molar-refractivity contribution in [3.8, 4) is 6.07 Å². The van der Waals surface area contributed by atoms with Crippen LogP contribution in [-0.2, 0) is 4.79 Å². The number of nitrogens with zero attached hydrogens (tertiary/aromatic N) is 1. The number of amides is 1. The van der Waals surface area contributed by atoms with Crippen LogP contribution < -0.4 is 5.32 Å². The maximum Gasteiger partial charge on any atom is 0.221 e. The molecule has 0 aromatic heterocycles. The van der Waals surface area contributed by atoms with Crippen LogP contribution in [0.4, 0.5) is 10.1 Å². The number of halogens is 1. The predicted molar refractivity (Wildman–Crippen MR) is 45.4 cm³/mol. The summed E-state index contributed by atoms with van der Waals surface area (Å²) < 4.78 is 12.8. The lowest BCUT2D eigenvalue weighted by molar-refractivity contribution is -0.114. The molecule has 1 aromatic carbocycles. The number of carbonyl (C=O) groups is 1. The molecule has 1 rings (SSSR count). The summed E-state index contributed by atoms with van der Waals surface area (Å²) in [5.74, 6) is -0.841. The molecule has 0 aliphatic rings. The molecule has 0 atom stereocenters. The van der Waals surface area contributed by atoms with Gasteiger partial charge >= 0.3 is 0 Å². The fourth-order valence-electron chi connectivity index (χ4n) is 0.892. The van der Waals surface area contributed by atoms with Crippen molar-refractivity contribution < 1.29 is 9.18 Å². The molecule has 0 spiro atoms. The highest BCUT2D eigenvalue weighted by Crippen LogP contribution is 2.13. The third-order valence-corrected chi connectivity index (χ3v) is 1.41. The summed E-state index contributed by atoms with van der Waals surface area (Å²) in [5.41, 5.74) is 0.344. The Morgan fingerprint density at radius 1 is 1.62 bits per heavy atom. The molecule has 1 N–H and O–H groups in total. The Bertz CT molecular complexity index is 382. The minimum Gasteiger partial charge on any atom is -0.326 e. The van der Waals surface area contributed by atoms with Crippen molar-refractivity contribution in [3.63, 3.8) is 0 Å². The number of rotatable bonds is 1. The lowest BCUT2D eigenvalue weighted by Gasteiger charge is -2.01. The number of carbonyl (C=O) groups excluding carboxylic acids is 1. The zero-order valence-electron chi connectivity index (χ0n) is 6.97. The van der Waals surface area contributed by atoms with Crippen molar-refractivity contribution in [2.75, 3.05) is 5.32 Å². The highest BCUT2D eigenvalue weighted by molar-refractivity contribution is 5.88. The van der Waals surface area contributed by atoms with E-state index in [-0.39, 0.29) is 11.5 Å². The Morgan fingerprint density at radius 3 is 2.85 bits per heavy atom. The lowest BCUT2D eigenvalue weighted by atomic mass is 10.2. The van der Waals surface area contributed by atoms with Crippen LogP contribution in [-0.4, -0.2) is 5.91 Å². The van der Waals surface area contributed by atoms with Gasteiger partial charge in [0.05, 0.1) is 5.56 Å². The second-order valence-electron chi connectivity index (χ2n) is 2.49. The molecule has 0 fully saturated rings. The molecule has 0 radical (unpaired) electrons. The van der Waals surface area contributed by atoms with Gasteiger partial charge in [0.25, 0.3) is 0 Å². The van der Waals surface area contributed by atoms with Gasteiger partial charge in [-0.25, -0.2) is 4.39 Å². The summed E-state index contributed by atoms with van der Waals surface area (Å²) in [4.78, 5) is 10.6. The number of nitriles is 1. The predicted octanol–water partition coefficient (Wildman–Crippen LogP) is 1.66. The summed E-state index contributed by atoms with van der Waals surface area (Å²) in [6.45, 7) is 1.34. The van der Waals surface area contributed by atoms with E-state index in [0.29, 0.717) is 5.69 Å². The van der Waals surface area contributed by atoms with E-state index < -0.39 is 5.82 Å². The quantitative estimate of drug-likeness (QED) is 0.710. The third-order valence-electron chi connectivity index (χ3n) is 1.41. The average molecular weight is 178 g/mol. The van der Waals surface area contributed by atoms with E-state index in [1.807, 2.05) is 0 Å². The van der Waals surface area contributed by atoms with Crippen LogP contribution in [0.15, 0.2) is 18.2 Å². The second-order valence-corrected chi connectivity index (χ2v) is 2.49. The molecule has 1 aromatic rings. The van der Waals surface area contributed by atoms with Crippen molar-refractivity contribution in [1.82, 2.24) is 0 Å². The SMILES string of the molecule is CC(=O)Nc1ccc(F)c(C#N)c1. The Kier molecular flexibility index (Phi) is 2.60. The topological polar surface area (TPSA) is 52.9 Å². The molecule has 0 bridgehead atoms. The summed E-state index contributed by atoms with van der Waals surface area (Å²) in [5, 5.41) is 10.9. The Balaban J connectivity index is 3.01. The van der Waals surface area contributed by atoms with Crippen LogP contribution in [0.2, 0.25) is 0 Å². The third kappa shape index (κ3) is 2.27. The van der Waals surface area contributed by atoms with E-state index in [1.165, 1.54) is 19.1 Å². The number of anilines is 1. The van der Waals surface area contributed by atoms with Crippen molar-refractivity contribution in [2.45, 2.75) is 6.92 Å². The first-order valence-electron chi connectivity index (χ1n) is 3.60. The molecule has 0 unspecified atom stereocenters. The largest absolute Gasteiger partial charge is 0.326 e. The van der Waals surface area contributed by atoms with E-state index in [2.05, 4.69) is 5.32 Å². The molecule has 0 aliphatic heterocycles. The Morgan fingerprint density at radius 2 is 2.31 bits per heavy atom. The molecule has 0 aliphatic carbocycles. The second kappa shape index (κ2) is 3.68. The highest BCUT2D eigenvalue weighted by Gasteiger charge is 2.02. The fraction of sp³-hybridized carbons (Fsp3) is 0.111. The maximum atomic E-state index is 12.8. The maximum absolute atomic E-state index is 12.8. The number of benzene rings is 1. The van der Waals surface area contributed by atoms with Gasteiger partial charge < -0.3 is 5.32 Å². The van der Waals surface area contributed by atoms with Crippen LogP contribution in [0.1, 0.15) is 12.5 Å². The van der Waals surface area contributed by atoms with Crippen LogP contribution in [0.25, 0.3) is 0 Å². The zero-order valence-corrected chi connectivity index (χ0v) is 6.97. The minimum atomic E-state index is -0.586. The normalized spacial score (nSPS) is 9.00. The van der Waals surface area contributed by atoms with Crippen molar-refractivity contribution in [3.05, 3.63) is 29.6 Å². The molecular formula is C9H7FN2O. The van der Waals surface area contributed by atoms with Gasteiger partial charge in [0.15, 0.2) is 0 Å². The number of nitrogens with one attached hydrogen (secondary N) is 1. The minimum absolute atomic E-state index is 0.0775. The standard InChI is InChI=1S/C9H7FN2O/c1-6(13)12-8-2-3-9(10)7(4-8)5-11/h2-4H,1H3,(H,12,13). The van der Waals surface area contributed by atoms with E-state index >= 15 is 0 Å². The van der Waals surface area contributed by atoms with Crippen molar-refractivity contribution in [2.24, 2.45) is 0 Å². The van der Waals surface area contributed by atoms with E-state index in [0.717, 1.165) is 6.07 Å². The highest BCUT2D eigenvalue weighted by atomic mass is 19.1. The van der Waals surface area contributed by atoms with E-state index in [4.69, 9.17) is 5.26 Å². The van der Waals surface area contributed by atoms with E-state index in [1.54, 1.807) is 6.07 Å². The monoisotopic (exact) mass is 178 g/mol. The Hall–Kier alpha value is -1.89. The number of hydrogen-bond donors (Lipinski definition) is 1. The first-order chi connectivity index (χ1) is 6.13. The first-order valence-corrected chi connectivity index (χ1v) is 3.60. The van der Waals surface area contributed by atoms with Crippen LogP contribution >= 0.6 is 0 Å². The molecule has 0 saturated carbocycles. The lowest BCUT2D eigenvalue weighted by Crippen LogP contribution is -2.05. The van der Waals surface area contributed by atoms with Crippen LogP contribution in [0, 0.1) is 17.1 Å². The van der Waals surface area contributed by atoms with Gasteiger partial charge in [-0.05, 0) is 18.2 Å². The number of hydrogen-bond acceptors (Lipinski definition) is 2. The van der Waals surface area contributed by atoms with Gasteiger partial charge in [0.2, 0.25) is 5.91 Å². The van der Waals surface area contributed by atoms with E-state index in [9.17, 15) is 9.18 Å². The van der Waals surface area contributed by atoms with Gasteiger partial charge in [0.1, 0.15) is 11.9 Å². The molecule has 4 heteroatoms. The van der Waals surface area contributed by atoms with Crippen molar-refractivity contribution in [1.29, 1.82) is 5.26 Å². The molecule has 0 heterocycles. The van der Waals surface area contributed by atoms with Gasteiger partial charge in [-0.1, -0.05) is 0 Å². The smallest absolute Gasteiger partial charge is 0.221 e. The molecule has 13 heavy (non-hydrogen) atoms. The fourth-order valence-corrected chi connectivity index (χ4v) is 0.892. The van der Waals surface area contributed by atoms with Gasteiger partial charge in [-0.15, -0.1) is 0 Å². The van der Waals surface area contributed by atoms with Gasteiger partial charge in [-0.3, -0.25) is 4.79 Å². The average Bonchev–Trinajstić information content (AvgIpc) is 2.07. The van der Waals surface area contributed by atoms with Crippen LogP contribution in [0.5, 0.6) is 0 Å². The first kappa shape index (κ1) is 9.20. The summed E-state index contributed by atoms with van der Waals surface area (Å²) in [6, 6.07) is 5.51. The molecule has 66 valence electrons. The summed E-state index contributed by atoms with van der Waals surface area (Å²) >= 11 is 0. The molecule has 0 saturated heterocycles. The Labute approximate surface area is 74.8 Å². The summed E-state index contributed by atoms with van der Waals surface area (Å²) in [6.07, 6.45) is 0. The van der Waals surface area contributed by atoms with Crippen LogP contribution in [0.3, 0.4) is 0 Å². The zero-order chi connectivity index (χ0) is 9.84. The molecule has 3 nitrogen and oxygen atoms in total. The molecular weight excluding hydrogens is 171 g/mol. The van der Waals surface area contributed by atoms with Gasteiger partial charge in [0, 0.05) is 12.6 Å². The van der Waals surface area contributed by atoms with Crippen molar-refractivity contribution >= 4 is 11.6 Å².